The number of halogens is 1. The second kappa shape index (κ2) is 10.3. The maximum Gasteiger partial charge on any atom is 0.243 e. The molecular formula is C24H33FN2O4S. The lowest BCUT2D eigenvalue weighted by Crippen LogP contribution is -2.39. The van der Waals surface area contributed by atoms with Crippen molar-refractivity contribution < 1.29 is 22.7 Å². The Balaban J connectivity index is 1.55. The van der Waals surface area contributed by atoms with Crippen LogP contribution in [0.15, 0.2) is 53.4 Å². The number of aliphatic hydroxyl groups excluding tert-OH is 1. The molecule has 1 fully saturated rings. The zero-order valence-electron chi connectivity index (χ0n) is 19.0. The van der Waals surface area contributed by atoms with Gasteiger partial charge in [0, 0.05) is 26.2 Å². The minimum absolute atomic E-state index is 0.0637. The molecule has 176 valence electrons. The standard InChI is InChI=1S/C24H33FN2O4S/c1-24(2,3)22-7-4-5-8-23(22)31-18-20(28)17-26-13-6-14-27(16-15-26)32(29,30)21-11-9-19(25)10-12-21/h4-5,7-12,20,28H,6,13-18H2,1-3H3/t20-/m0/s1. The Bertz CT molecular complexity index is 990. The number of ether oxygens (including phenoxy) is 1. The van der Waals surface area contributed by atoms with Gasteiger partial charge in [-0.25, -0.2) is 12.8 Å². The van der Waals surface area contributed by atoms with E-state index in [4.69, 9.17) is 4.74 Å². The molecule has 1 N–H and O–H groups in total. The van der Waals surface area contributed by atoms with E-state index in [1.807, 2.05) is 24.3 Å². The molecule has 0 amide bonds. The van der Waals surface area contributed by atoms with Crippen LogP contribution in [-0.4, -0.2) is 68.2 Å². The highest BCUT2D eigenvalue weighted by Crippen LogP contribution is 2.31. The highest BCUT2D eigenvalue weighted by molar-refractivity contribution is 7.89. The largest absolute Gasteiger partial charge is 0.491 e. The van der Waals surface area contributed by atoms with Gasteiger partial charge in [-0.3, -0.25) is 4.90 Å². The number of hydrogen-bond donors (Lipinski definition) is 1. The topological polar surface area (TPSA) is 70.1 Å². The fourth-order valence-electron chi connectivity index (χ4n) is 3.87. The van der Waals surface area contributed by atoms with Crippen LogP contribution in [-0.2, 0) is 15.4 Å². The zero-order chi connectivity index (χ0) is 23.4. The third kappa shape index (κ3) is 6.28. The molecule has 0 spiro atoms. The first-order chi connectivity index (χ1) is 15.1. The van der Waals surface area contributed by atoms with Gasteiger partial charge in [-0.05, 0) is 54.3 Å². The van der Waals surface area contributed by atoms with Gasteiger partial charge in [0.15, 0.2) is 0 Å². The normalized spacial score (nSPS) is 17.7. The van der Waals surface area contributed by atoms with Crippen molar-refractivity contribution in [3.63, 3.8) is 0 Å². The fraction of sp³-hybridized carbons (Fsp3) is 0.500. The van der Waals surface area contributed by atoms with Crippen molar-refractivity contribution in [3.05, 3.63) is 59.9 Å². The molecule has 2 aromatic carbocycles. The Morgan fingerprint density at radius 1 is 1.03 bits per heavy atom. The van der Waals surface area contributed by atoms with Crippen molar-refractivity contribution in [2.45, 2.75) is 43.6 Å². The highest BCUT2D eigenvalue weighted by Gasteiger charge is 2.27. The fourth-order valence-corrected chi connectivity index (χ4v) is 5.34. The highest BCUT2D eigenvalue weighted by atomic mass is 32.2. The molecule has 3 rings (SSSR count). The Kier molecular flexibility index (Phi) is 7.92. The summed E-state index contributed by atoms with van der Waals surface area (Å²) in [5, 5.41) is 10.5. The van der Waals surface area contributed by atoms with Gasteiger partial charge in [-0.2, -0.15) is 4.31 Å². The van der Waals surface area contributed by atoms with Crippen LogP contribution in [0.5, 0.6) is 5.75 Å². The molecule has 32 heavy (non-hydrogen) atoms. The summed E-state index contributed by atoms with van der Waals surface area (Å²) in [6.45, 7) is 8.84. The van der Waals surface area contributed by atoms with E-state index in [2.05, 4.69) is 25.7 Å². The Morgan fingerprint density at radius 2 is 1.72 bits per heavy atom. The summed E-state index contributed by atoms with van der Waals surface area (Å²) < 4.78 is 46.3. The number of sulfonamides is 1. The van der Waals surface area contributed by atoms with Crippen LogP contribution in [0.4, 0.5) is 4.39 Å². The number of benzene rings is 2. The monoisotopic (exact) mass is 464 g/mol. The quantitative estimate of drug-likeness (QED) is 0.681. The lowest BCUT2D eigenvalue weighted by Gasteiger charge is -2.26. The molecular weight excluding hydrogens is 431 g/mol. The molecule has 1 atom stereocenters. The second-order valence-corrected chi connectivity index (χ2v) is 11.2. The third-order valence-corrected chi connectivity index (χ3v) is 7.51. The number of rotatable bonds is 7. The number of para-hydroxylation sites is 1. The molecule has 0 aromatic heterocycles. The van der Waals surface area contributed by atoms with Gasteiger partial charge in [0.05, 0.1) is 4.90 Å². The van der Waals surface area contributed by atoms with E-state index in [-0.39, 0.29) is 16.9 Å². The first-order valence-electron chi connectivity index (χ1n) is 11.0. The van der Waals surface area contributed by atoms with Crippen molar-refractivity contribution >= 4 is 10.0 Å². The van der Waals surface area contributed by atoms with Gasteiger partial charge in [0.1, 0.15) is 24.3 Å². The number of β-amino-alcohol motifs (C(OH)–C–C–N with tert-alkyl or cyclic N) is 1. The van der Waals surface area contributed by atoms with Crippen molar-refractivity contribution in [3.8, 4) is 5.75 Å². The van der Waals surface area contributed by atoms with Gasteiger partial charge < -0.3 is 9.84 Å². The minimum Gasteiger partial charge on any atom is -0.491 e. The van der Waals surface area contributed by atoms with Crippen molar-refractivity contribution in [2.24, 2.45) is 0 Å². The summed E-state index contributed by atoms with van der Waals surface area (Å²) >= 11 is 0. The predicted molar refractivity (Wildman–Crippen MR) is 123 cm³/mol. The van der Waals surface area contributed by atoms with E-state index in [1.165, 1.54) is 16.4 Å². The summed E-state index contributed by atoms with van der Waals surface area (Å²) in [6, 6.07) is 12.8. The molecule has 0 unspecified atom stereocenters. The van der Waals surface area contributed by atoms with Crippen LogP contribution in [0.2, 0.25) is 0 Å². The van der Waals surface area contributed by atoms with Gasteiger partial charge >= 0.3 is 0 Å². The van der Waals surface area contributed by atoms with Crippen LogP contribution in [0.1, 0.15) is 32.8 Å². The molecule has 0 bridgehead atoms. The Morgan fingerprint density at radius 3 is 2.41 bits per heavy atom. The maximum atomic E-state index is 13.2. The van der Waals surface area contributed by atoms with E-state index >= 15 is 0 Å². The zero-order valence-corrected chi connectivity index (χ0v) is 19.8. The Hall–Kier alpha value is -2.00. The average Bonchev–Trinajstić information content (AvgIpc) is 2.98. The number of nitrogens with zero attached hydrogens (tertiary/aromatic N) is 2. The summed E-state index contributed by atoms with van der Waals surface area (Å²) in [4.78, 5) is 2.16. The van der Waals surface area contributed by atoms with Crippen LogP contribution in [0, 0.1) is 5.82 Å². The summed E-state index contributed by atoms with van der Waals surface area (Å²) in [5.74, 6) is 0.304. The number of aliphatic hydroxyl groups is 1. The first kappa shape index (κ1) is 24.6. The smallest absolute Gasteiger partial charge is 0.243 e. The predicted octanol–water partition coefficient (Wildman–Crippen LogP) is 3.26. The summed E-state index contributed by atoms with van der Waals surface area (Å²) in [6.07, 6.45) is -0.0378. The average molecular weight is 465 g/mol. The molecule has 0 radical (unpaired) electrons. The molecule has 0 aliphatic carbocycles. The lowest BCUT2D eigenvalue weighted by molar-refractivity contribution is 0.0693. The Labute approximate surface area is 190 Å². The second-order valence-electron chi connectivity index (χ2n) is 9.22. The van der Waals surface area contributed by atoms with E-state index < -0.39 is 21.9 Å². The van der Waals surface area contributed by atoms with Crippen LogP contribution in [0.25, 0.3) is 0 Å². The van der Waals surface area contributed by atoms with Crippen LogP contribution in [0.3, 0.4) is 0 Å². The van der Waals surface area contributed by atoms with Crippen molar-refractivity contribution in [1.82, 2.24) is 9.21 Å². The van der Waals surface area contributed by atoms with Crippen molar-refractivity contribution in [1.29, 1.82) is 0 Å². The van der Waals surface area contributed by atoms with E-state index in [0.29, 0.717) is 39.1 Å². The van der Waals surface area contributed by atoms with Gasteiger partial charge in [0.25, 0.3) is 0 Å². The molecule has 1 aliphatic rings. The third-order valence-electron chi connectivity index (χ3n) is 5.59. The maximum absolute atomic E-state index is 13.2. The molecule has 1 heterocycles. The van der Waals surface area contributed by atoms with Crippen LogP contribution < -0.4 is 4.74 Å². The van der Waals surface area contributed by atoms with Gasteiger partial charge in [-0.1, -0.05) is 39.0 Å². The van der Waals surface area contributed by atoms with Gasteiger partial charge in [-0.15, -0.1) is 0 Å². The lowest BCUT2D eigenvalue weighted by atomic mass is 9.86. The molecule has 1 aliphatic heterocycles. The molecule has 0 saturated carbocycles. The summed E-state index contributed by atoms with van der Waals surface area (Å²) in [7, 11) is -3.67. The van der Waals surface area contributed by atoms with Crippen LogP contribution >= 0.6 is 0 Å². The first-order valence-corrected chi connectivity index (χ1v) is 12.4. The van der Waals surface area contributed by atoms with E-state index in [9.17, 15) is 17.9 Å². The van der Waals surface area contributed by atoms with E-state index in [1.54, 1.807) is 0 Å². The number of hydrogen-bond acceptors (Lipinski definition) is 5. The van der Waals surface area contributed by atoms with Crippen molar-refractivity contribution in [2.75, 3.05) is 39.3 Å². The van der Waals surface area contributed by atoms with Gasteiger partial charge in [0.2, 0.25) is 10.0 Å². The molecule has 1 saturated heterocycles. The summed E-state index contributed by atoms with van der Waals surface area (Å²) in [5.41, 5.74) is 1.02. The van der Waals surface area contributed by atoms with E-state index in [0.717, 1.165) is 23.4 Å². The minimum atomic E-state index is -3.67. The molecule has 6 nitrogen and oxygen atoms in total. The molecule has 8 heteroatoms. The SMILES string of the molecule is CC(C)(C)c1ccccc1OC[C@@H](O)CN1CCCN(S(=O)(=O)c2ccc(F)cc2)CC1. The molecule has 2 aromatic rings.